The average Bonchev–Trinajstić information content (AvgIpc) is 2.49. The zero-order chi connectivity index (χ0) is 13.9. The molecule has 1 aromatic carbocycles. The van der Waals surface area contributed by atoms with Crippen molar-refractivity contribution in [3.63, 3.8) is 0 Å². The summed E-state index contributed by atoms with van der Waals surface area (Å²) in [6.07, 6.45) is 5.27. The van der Waals surface area contributed by atoms with Gasteiger partial charge in [0, 0.05) is 24.4 Å². The van der Waals surface area contributed by atoms with Crippen LogP contribution >= 0.6 is 0 Å². The van der Waals surface area contributed by atoms with Gasteiger partial charge in [0.15, 0.2) is 0 Å². The highest BCUT2D eigenvalue weighted by atomic mass is 16.5. The first-order valence-corrected chi connectivity index (χ1v) is 6.54. The highest BCUT2D eigenvalue weighted by Gasteiger charge is 2.23. The molecule has 5 heteroatoms. The number of carbonyl (C=O) groups excluding carboxylic acids is 1. The van der Waals surface area contributed by atoms with Crippen molar-refractivity contribution >= 4 is 5.91 Å². The molecule has 0 saturated carbocycles. The third-order valence-electron chi connectivity index (χ3n) is 3.31. The number of aryl methyl sites for hydroxylation is 1. The predicted molar refractivity (Wildman–Crippen MR) is 73.5 cm³/mol. The lowest BCUT2D eigenvalue weighted by atomic mass is 9.98. The molecule has 102 valence electrons. The number of carbonyl (C=O) groups is 1. The van der Waals surface area contributed by atoms with Crippen LogP contribution in [0.5, 0.6) is 5.75 Å². The number of hydrogen-bond donors (Lipinski definition) is 1. The van der Waals surface area contributed by atoms with Crippen LogP contribution < -0.4 is 10.1 Å². The fourth-order valence-corrected chi connectivity index (χ4v) is 2.31. The number of fused-ring (bicyclic) bond motifs is 1. The predicted octanol–water partition coefficient (Wildman–Crippen LogP) is 2.04. The van der Waals surface area contributed by atoms with Crippen molar-refractivity contribution < 1.29 is 9.53 Å². The van der Waals surface area contributed by atoms with Gasteiger partial charge in [0.2, 0.25) is 0 Å². The van der Waals surface area contributed by atoms with Crippen molar-refractivity contribution in [1.82, 2.24) is 15.3 Å². The fourth-order valence-electron chi connectivity index (χ4n) is 2.31. The van der Waals surface area contributed by atoms with E-state index in [1.807, 2.05) is 19.1 Å². The van der Waals surface area contributed by atoms with E-state index in [1.54, 1.807) is 6.20 Å². The molecule has 20 heavy (non-hydrogen) atoms. The van der Waals surface area contributed by atoms with Crippen molar-refractivity contribution in [2.75, 3.05) is 6.61 Å². The summed E-state index contributed by atoms with van der Waals surface area (Å²) in [5.74, 6) is 0.628. The first kappa shape index (κ1) is 12.6. The molecule has 1 aliphatic rings. The number of nitrogens with zero attached hydrogens (tertiary/aromatic N) is 2. The Labute approximate surface area is 117 Å². The standard InChI is InChI=1S/C15H15N3O2/c1-10-2-3-14-11(8-10)12(4-7-20-14)18-15(19)13-9-16-5-6-17-13/h2-3,5-6,8-9,12H,4,7H2,1H3,(H,18,19). The maximum Gasteiger partial charge on any atom is 0.271 e. The summed E-state index contributed by atoms with van der Waals surface area (Å²) in [4.78, 5) is 20.1. The largest absolute Gasteiger partial charge is 0.493 e. The van der Waals surface area contributed by atoms with E-state index in [0.717, 1.165) is 23.3 Å². The summed E-state index contributed by atoms with van der Waals surface area (Å²) in [5, 5.41) is 3.00. The van der Waals surface area contributed by atoms with E-state index in [0.29, 0.717) is 12.3 Å². The summed E-state index contributed by atoms with van der Waals surface area (Å²) in [6.45, 7) is 2.62. The quantitative estimate of drug-likeness (QED) is 0.906. The Morgan fingerprint density at radius 3 is 3.10 bits per heavy atom. The maximum absolute atomic E-state index is 12.2. The molecule has 1 N–H and O–H groups in total. The van der Waals surface area contributed by atoms with E-state index in [-0.39, 0.29) is 11.9 Å². The number of aromatic nitrogens is 2. The SMILES string of the molecule is Cc1ccc2c(c1)C(NC(=O)c1cnccn1)CCO2. The first-order chi connectivity index (χ1) is 9.74. The molecule has 0 aliphatic carbocycles. The molecule has 2 aromatic rings. The van der Waals surface area contributed by atoms with Gasteiger partial charge in [0.1, 0.15) is 11.4 Å². The molecule has 0 bridgehead atoms. The summed E-state index contributed by atoms with van der Waals surface area (Å²) in [6, 6.07) is 5.96. The van der Waals surface area contributed by atoms with Gasteiger partial charge in [0.25, 0.3) is 5.91 Å². The molecule has 1 unspecified atom stereocenters. The van der Waals surface area contributed by atoms with Crippen LogP contribution in [0.2, 0.25) is 0 Å². The summed E-state index contributed by atoms with van der Waals surface area (Å²) in [7, 11) is 0. The van der Waals surface area contributed by atoms with Gasteiger partial charge < -0.3 is 10.1 Å². The fraction of sp³-hybridized carbons (Fsp3) is 0.267. The Bertz CT molecular complexity index is 628. The monoisotopic (exact) mass is 269 g/mol. The molecular formula is C15H15N3O2. The molecule has 0 fully saturated rings. The second kappa shape index (κ2) is 5.28. The molecular weight excluding hydrogens is 254 g/mol. The third kappa shape index (κ3) is 2.47. The molecule has 1 aliphatic heterocycles. The number of amides is 1. The van der Waals surface area contributed by atoms with Crippen molar-refractivity contribution in [2.24, 2.45) is 0 Å². The van der Waals surface area contributed by atoms with E-state index in [9.17, 15) is 4.79 Å². The van der Waals surface area contributed by atoms with Crippen LogP contribution in [0.15, 0.2) is 36.8 Å². The Morgan fingerprint density at radius 2 is 2.30 bits per heavy atom. The Kier molecular flexibility index (Phi) is 3.33. The summed E-state index contributed by atoms with van der Waals surface area (Å²) < 4.78 is 5.62. The van der Waals surface area contributed by atoms with Gasteiger partial charge in [-0.05, 0) is 13.0 Å². The van der Waals surface area contributed by atoms with Gasteiger partial charge in [0.05, 0.1) is 18.8 Å². The second-order valence-electron chi connectivity index (χ2n) is 4.80. The van der Waals surface area contributed by atoms with Crippen LogP contribution in [0.1, 0.15) is 34.1 Å². The molecule has 1 aromatic heterocycles. The van der Waals surface area contributed by atoms with Gasteiger partial charge in [-0.25, -0.2) is 4.98 Å². The number of nitrogens with one attached hydrogen (secondary N) is 1. The van der Waals surface area contributed by atoms with E-state index in [2.05, 4.69) is 21.4 Å². The minimum absolute atomic E-state index is 0.0480. The lowest BCUT2D eigenvalue weighted by Crippen LogP contribution is -2.32. The van der Waals surface area contributed by atoms with Crippen LogP contribution in [0, 0.1) is 6.92 Å². The second-order valence-corrected chi connectivity index (χ2v) is 4.80. The molecule has 1 atom stereocenters. The number of rotatable bonds is 2. The molecule has 2 heterocycles. The van der Waals surface area contributed by atoms with Gasteiger partial charge in [-0.15, -0.1) is 0 Å². The minimum Gasteiger partial charge on any atom is -0.493 e. The third-order valence-corrected chi connectivity index (χ3v) is 3.31. The van der Waals surface area contributed by atoms with E-state index >= 15 is 0 Å². The summed E-state index contributed by atoms with van der Waals surface area (Å²) >= 11 is 0. The zero-order valence-electron chi connectivity index (χ0n) is 11.2. The van der Waals surface area contributed by atoms with Crippen molar-refractivity contribution in [2.45, 2.75) is 19.4 Å². The van der Waals surface area contributed by atoms with Crippen molar-refractivity contribution in [3.05, 3.63) is 53.6 Å². The van der Waals surface area contributed by atoms with Crippen LogP contribution in [0.25, 0.3) is 0 Å². The van der Waals surface area contributed by atoms with E-state index in [1.165, 1.54) is 12.4 Å². The van der Waals surface area contributed by atoms with Crippen LogP contribution in [-0.2, 0) is 0 Å². The van der Waals surface area contributed by atoms with Crippen molar-refractivity contribution in [1.29, 1.82) is 0 Å². The van der Waals surface area contributed by atoms with Gasteiger partial charge >= 0.3 is 0 Å². The van der Waals surface area contributed by atoms with Crippen molar-refractivity contribution in [3.8, 4) is 5.75 Å². The maximum atomic E-state index is 12.2. The Hall–Kier alpha value is -2.43. The molecule has 0 spiro atoms. The summed E-state index contributed by atoms with van der Waals surface area (Å²) in [5.41, 5.74) is 2.50. The highest BCUT2D eigenvalue weighted by Crippen LogP contribution is 2.32. The number of hydrogen-bond acceptors (Lipinski definition) is 4. The van der Waals surface area contributed by atoms with Crippen LogP contribution in [0.4, 0.5) is 0 Å². The first-order valence-electron chi connectivity index (χ1n) is 6.54. The average molecular weight is 269 g/mol. The molecule has 0 saturated heterocycles. The normalized spacial score (nSPS) is 16.9. The lowest BCUT2D eigenvalue weighted by molar-refractivity contribution is 0.0919. The van der Waals surface area contributed by atoms with Crippen LogP contribution in [-0.4, -0.2) is 22.5 Å². The lowest BCUT2D eigenvalue weighted by Gasteiger charge is -2.27. The van der Waals surface area contributed by atoms with E-state index < -0.39 is 0 Å². The number of ether oxygens (including phenoxy) is 1. The minimum atomic E-state index is -0.211. The Morgan fingerprint density at radius 1 is 1.40 bits per heavy atom. The Balaban J connectivity index is 1.83. The molecule has 0 radical (unpaired) electrons. The molecule has 3 rings (SSSR count). The molecule has 5 nitrogen and oxygen atoms in total. The number of benzene rings is 1. The topological polar surface area (TPSA) is 64.1 Å². The zero-order valence-corrected chi connectivity index (χ0v) is 11.2. The van der Waals surface area contributed by atoms with Gasteiger partial charge in [-0.1, -0.05) is 17.7 Å². The van der Waals surface area contributed by atoms with Crippen LogP contribution in [0.3, 0.4) is 0 Å². The smallest absolute Gasteiger partial charge is 0.271 e. The molecule has 1 amide bonds. The van der Waals surface area contributed by atoms with E-state index in [4.69, 9.17) is 4.74 Å². The highest BCUT2D eigenvalue weighted by molar-refractivity contribution is 5.92. The van der Waals surface area contributed by atoms with Gasteiger partial charge in [-0.3, -0.25) is 9.78 Å². The van der Waals surface area contributed by atoms with Gasteiger partial charge in [-0.2, -0.15) is 0 Å².